The molecule has 0 heterocycles. The van der Waals surface area contributed by atoms with Crippen LogP contribution in [0.4, 0.5) is 5.69 Å². The normalized spacial score (nSPS) is 11.3. The van der Waals surface area contributed by atoms with E-state index in [0.29, 0.717) is 17.7 Å². The van der Waals surface area contributed by atoms with Crippen LogP contribution < -0.4 is 0 Å². The first-order valence-corrected chi connectivity index (χ1v) is 7.11. The van der Waals surface area contributed by atoms with Gasteiger partial charge in [-0.15, -0.1) is 0 Å². The van der Waals surface area contributed by atoms with Gasteiger partial charge in [-0.25, -0.2) is 4.79 Å². The van der Waals surface area contributed by atoms with E-state index in [-0.39, 0.29) is 17.4 Å². The van der Waals surface area contributed by atoms with Crippen molar-refractivity contribution in [2.75, 3.05) is 6.61 Å². The average Bonchev–Trinajstić information content (AvgIpc) is 2.48. The SMILES string of the molecule is CC(=O)/C=C/c1ccc(/C=C/C(=O)OCC(C)C)cc1[N+](=O)[O-]. The van der Waals surface area contributed by atoms with Gasteiger partial charge in [0.15, 0.2) is 5.78 Å². The van der Waals surface area contributed by atoms with Crippen molar-refractivity contribution in [3.8, 4) is 0 Å². The molecule has 0 atom stereocenters. The molecule has 0 aliphatic carbocycles. The van der Waals surface area contributed by atoms with Gasteiger partial charge in [-0.05, 0) is 42.7 Å². The van der Waals surface area contributed by atoms with Crippen molar-refractivity contribution >= 4 is 29.6 Å². The third-order valence-corrected chi connectivity index (χ3v) is 2.72. The second-order valence-corrected chi connectivity index (χ2v) is 5.38. The molecule has 1 rings (SSSR count). The molecule has 0 aliphatic rings. The number of benzene rings is 1. The molecule has 0 fully saturated rings. The van der Waals surface area contributed by atoms with E-state index in [1.54, 1.807) is 6.07 Å². The van der Waals surface area contributed by atoms with Crippen LogP contribution in [-0.4, -0.2) is 23.3 Å². The zero-order valence-electron chi connectivity index (χ0n) is 13.3. The third kappa shape index (κ3) is 6.69. The summed E-state index contributed by atoms with van der Waals surface area (Å²) in [4.78, 5) is 33.0. The van der Waals surface area contributed by atoms with Crippen LogP contribution in [-0.2, 0) is 14.3 Å². The van der Waals surface area contributed by atoms with Gasteiger partial charge < -0.3 is 4.74 Å². The predicted octanol–water partition coefficient (Wildman–Crippen LogP) is 3.41. The van der Waals surface area contributed by atoms with Crippen molar-refractivity contribution in [2.45, 2.75) is 20.8 Å². The Balaban J connectivity index is 2.93. The summed E-state index contributed by atoms with van der Waals surface area (Å²) in [5.41, 5.74) is 0.683. The number of nitro groups is 1. The summed E-state index contributed by atoms with van der Waals surface area (Å²) in [6, 6.07) is 4.49. The number of esters is 1. The smallest absolute Gasteiger partial charge is 0.330 e. The van der Waals surface area contributed by atoms with Crippen molar-refractivity contribution in [2.24, 2.45) is 5.92 Å². The average molecular weight is 317 g/mol. The second-order valence-electron chi connectivity index (χ2n) is 5.38. The lowest BCUT2D eigenvalue weighted by molar-refractivity contribution is -0.385. The number of hydrogen-bond acceptors (Lipinski definition) is 5. The number of rotatable bonds is 7. The summed E-state index contributed by atoms with van der Waals surface area (Å²) in [6.45, 7) is 5.53. The molecular weight excluding hydrogens is 298 g/mol. The minimum atomic E-state index is -0.533. The Morgan fingerprint density at radius 1 is 1.26 bits per heavy atom. The Labute approximate surface area is 134 Å². The first-order chi connectivity index (χ1) is 10.8. The van der Waals surface area contributed by atoms with E-state index in [0.717, 1.165) is 0 Å². The van der Waals surface area contributed by atoms with Crippen LogP contribution in [0.15, 0.2) is 30.4 Å². The van der Waals surface area contributed by atoms with Gasteiger partial charge in [0.2, 0.25) is 0 Å². The van der Waals surface area contributed by atoms with E-state index in [1.165, 1.54) is 43.4 Å². The van der Waals surface area contributed by atoms with E-state index in [9.17, 15) is 19.7 Å². The molecule has 0 N–H and O–H groups in total. The molecule has 0 aliphatic heterocycles. The highest BCUT2D eigenvalue weighted by atomic mass is 16.6. The summed E-state index contributed by atoms with van der Waals surface area (Å²) >= 11 is 0. The standard InChI is InChI=1S/C17H19NO5/c1-12(2)11-23-17(20)9-6-14-5-8-15(7-4-13(3)19)16(10-14)18(21)22/h4-10,12H,11H2,1-3H3/b7-4+,9-6+. The number of ketones is 1. The minimum absolute atomic E-state index is 0.139. The Bertz CT molecular complexity index is 659. The molecule has 6 heteroatoms. The van der Waals surface area contributed by atoms with Gasteiger partial charge in [0.1, 0.15) is 0 Å². The predicted molar refractivity (Wildman–Crippen MR) is 87.6 cm³/mol. The monoisotopic (exact) mass is 317 g/mol. The van der Waals surface area contributed by atoms with Crippen LogP contribution in [0.3, 0.4) is 0 Å². The van der Waals surface area contributed by atoms with Gasteiger partial charge in [0.25, 0.3) is 5.69 Å². The maximum absolute atomic E-state index is 11.5. The Morgan fingerprint density at radius 2 is 1.96 bits per heavy atom. The molecule has 1 aromatic carbocycles. The zero-order valence-corrected chi connectivity index (χ0v) is 13.3. The molecule has 0 spiro atoms. The number of ether oxygens (including phenoxy) is 1. The lowest BCUT2D eigenvalue weighted by Crippen LogP contribution is -2.06. The molecule has 6 nitrogen and oxygen atoms in total. The summed E-state index contributed by atoms with van der Waals surface area (Å²) < 4.78 is 4.98. The molecule has 0 saturated carbocycles. The van der Waals surface area contributed by atoms with Crippen molar-refractivity contribution < 1.29 is 19.2 Å². The second kappa shape index (κ2) is 8.63. The third-order valence-electron chi connectivity index (χ3n) is 2.72. The summed E-state index contributed by atoms with van der Waals surface area (Å²) in [6.07, 6.45) is 5.34. The van der Waals surface area contributed by atoms with Crippen molar-refractivity contribution in [3.63, 3.8) is 0 Å². The number of nitro benzene ring substituents is 1. The van der Waals surface area contributed by atoms with Crippen LogP contribution in [0.1, 0.15) is 31.9 Å². The maximum atomic E-state index is 11.5. The number of carbonyl (C=O) groups is 2. The lowest BCUT2D eigenvalue weighted by atomic mass is 10.1. The molecule has 0 saturated heterocycles. The fraction of sp³-hybridized carbons (Fsp3) is 0.294. The Morgan fingerprint density at radius 3 is 2.52 bits per heavy atom. The minimum Gasteiger partial charge on any atom is -0.462 e. The van der Waals surface area contributed by atoms with Gasteiger partial charge in [-0.2, -0.15) is 0 Å². The van der Waals surface area contributed by atoms with Crippen molar-refractivity contribution in [3.05, 3.63) is 51.6 Å². The highest BCUT2D eigenvalue weighted by Gasteiger charge is 2.12. The molecule has 0 amide bonds. The van der Waals surface area contributed by atoms with Crippen molar-refractivity contribution in [1.82, 2.24) is 0 Å². The maximum Gasteiger partial charge on any atom is 0.330 e. The topological polar surface area (TPSA) is 86.5 Å². The quantitative estimate of drug-likeness (QED) is 0.333. The van der Waals surface area contributed by atoms with E-state index in [1.807, 2.05) is 13.8 Å². The molecular formula is C17H19NO5. The van der Waals surface area contributed by atoms with Crippen LogP contribution in [0.25, 0.3) is 12.2 Å². The van der Waals surface area contributed by atoms with E-state index >= 15 is 0 Å². The molecule has 122 valence electrons. The van der Waals surface area contributed by atoms with Gasteiger partial charge in [-0.1, -0.05) is 19.9 Å². The van der Waals surface area contributed by atoms with Crippen LogP contribution in [0.5, 0.6) is 0 Å². The van der Waals surface area contributed by atoms with Crippen LogP contribution in [0.2, 0.25) is 0 Å². The molecule has 0 bridgehead atoms. The molecule has 0 aromatic heterocycles. The number of allylic oxidation sites excluding steroid dienone is 1. The lowest BCUT2D eigenvalue weighted by Gasteiger charge is -2.04. The largest absolute Gasteiger partial charge is 0.462 e. The first kappa shape index (κ1) is 18.3. The number of hydrogen-bond donors (Lipinski definition) is 0. The van der Waals surface area contributed by atoms with Gasteiger partial charge in [0, 0.05) is 12.1 Å². The zero-order chi connectivity index (χ0) is 17.4. The Hall–Kier alpha value is -2.76. The van der Waals surface area contributed by atoms with Crippen molar-refractivity contribution in [1.29, 1.82) is 0 Å². The van der Waals surface area contributed by atoms with Gasteiger partial charge in [0.05, 0.1) is 17.1 Å². The molecule has 0 unspecified atom stereocenters. The summed E-state index contributed by atoms with van der Waals surface area (Å²) in [5.74, 6) is -0.459. The fourth-order valence-corrected chi connectivity index (χ4v) is 1.63. The highest BCUT2D eigenvalue weighted by Crippen LogP contribution is 2.22. The van der Waals surface area contributed by atoms with Gasteiger partial charge in [-0.3, -0.25) is 14.9 Å². The molecule has 1 aromatic rings. The van der Waals surface area contributed by atoms with Gasteiger partial charge >= 0.3 is 5.97 Å². The summed E-state index contributed by atoms with van der Waals surface area (Å²) in [7, 11) is 0. The number of carbonyl (C=O) groups excluding carboxylic acids is 2. The fourth-order valence-electron chi connectivity index (χ4n) is 1.63. The van der Waals surface area contributed by atoms with E-state index in [4.69, 9.17) is 4.74 Å². The van der Waals surface area contributed by atoms with E-state index < -0.39 is 10.9 Å². The first-order valence-electron chi connectivity index (χ1n) is 7.11. The molecule has 23 heavy (non-hydrogen) atoms. The number of nitrogens with zero attached hydrogens (tertiary/aromatic N) is 1. The van der Waals surface area contributed by atoms with E-state index in [2.05, 4.69) is 0 Å². The van der Waals surface area contributed by atoms with Crippen LogP contribution in [0, 0.1) is 16.0 Å². The molecule has 0 radical (unpaired) electrons. The highest BCUT2D eigenvalue weighted by molar-refractivity contribution is 5.92. The summed E-state index contributed by atoms with van der Waals surface area (Å²) in [5, 5.41) is 11.1. The van der Waals surface area contributed by atoms with Crippen LogP contribution >= 0.6 is 0 Å². The Kier molecular flexibility index (Phi) is 6.86.